The summed E-state index contributed by atoms with van der Waals surface area (Å²) in [6.45, 7) is -0.622. The predicted molar refractivity (Wildman–Crippen MR) is 49.2 cm³/mol. The lowest BCUT2D eigenvalue weighted by Crippen LogP contribution is -2.22. The summed E-state index contributed by atoms with van der Waals surface area (Å²) in [5.74, 6) is -0.765. The van der Waals surface area contributed by atoms with Gasteiger partial charge in [-0.2, -0.15) is 5.26 Å². The first-order valence-corrected chi connectivity index (χ1v) is 4.26. The van der Waals surface area contributed by atoms with Crippen molar-refractivity contribution in [2.45, 2.75) is 12.2 Å². The van der Waals surface area contributed by atoms with Crippen LogP contribution in [0.3, 0.4) is 0 Å². The predicted octanol–water partition coefficient (Wildman–Crippen LogP) is 0.0840. The van der Waals surface area contributed by atoms with Crippen LogP contribution < -0.4 is 0 Å². The molecular weight excluding hydrogens is 201 g/mol. The van der Waals surface area contributed by atoms with E-state index in [0.717, 1.165) is 6.07 Å². The Hall–Kier alpha value is -1.48. The van der Waals surface area contributed by atoms with Crippen LogP contribution in [-0.2, 0) is 0 Å². The normalized spacial score (nSPS) is 14.3. The van der Waals surface area contributed by atoms with E-state index in [4.69, 9.17) is 15.5 Å². The Morgan fingerprint density at radius 3 is 2.53 bits per heavy atom. The Kier molecular flexibility index (Phi) is 3.74. The SMILES string of the molecule is N#Cc1ccc(C(O)C(O)CO)cc1F. The topological polar surface area (TPSA) is 84.5 Å². The van der Waals surface area contributed by atoms with E-state index in [2.05, 4.69) is 0 Å². The number of halogens is 1. The molecule has 5 heteroatoms. The highest BCUT2D eigenvalue weighted by molar-refractivity contribution is 5.34. The van der Waals surface area contributed by atoms with Crippen LogP contribution >= 0.6 is 0 Å². The van der Waals surface area contributed by atoms with Crippen LogP contribution in [0.4, 0.5) is 4.39 Å². The molecule has 0 saturated heterocycles. The van der Waals surface area contributed by atoms with E-state index in [0.29, 0.717) is 0 Å². The second-order valence-corrected chi connectivity index (χ2v) is 3.05. The summed E-state index contributed by atoms with van der Waals surface area (Å²) >= 11 is 0. The van der Waals surface area contributed by atoms with Gasteiger partial charge in [0.2, 0.25) is 0 Å². The molecule has 0 aromatic heterocycles. The third-order valence-corrected chi connectivity index (χ3v) is 2.01. The van der Waals surface area contributed by atoms with Crippen LogP contribution in [0.25, 0.3) is 0 Å². The van der Waals surface area contributed by atoms with Crippen LogP contribution in [0.2, 0.25) is 0 Å². The summed E-state index contributed by atoms with van der Waals surface area (Å²) in [4.78, 5) is 0. The minimum Gasteiger partial charge on any atom is -0.394 e. The molecule has 0 fully saturated rings. The van der Waals surface area contributed by atoms with Crippen molar-refractivity contribution in [2.75, 3.05) is 6.61 Å². The van der Waals surface area contributed by atoms with Gasteiger partial charge in [-0.1, -0.05) is 6.07 Å². The molecule has 2 atom stereocenters. The maximum atomic E-state index is 13.1. The second kappa shape index (κ2) is 4.84. The minimum atomic E-state index is -1.36. The van der Waals surface area contributed by atoms with E-state index in [-0.39, 0.29) is 11.1 Å². The molecule has 3 N–H and O–H groups in total. The van der Waals surface area contributed by atoms with Gasteiger partial charge >= 0.3 is 0 Å². The monoisotopic (exact) mass is 211 g/mol. The zero-order valence-electron chi connectivity index (χ0n) is 7.76. The van der Waals surface area contributed by atoms with Crippen molar-refractivity contribution in [1.29, 1.82) is 5.26 Å². The standard InChI is InChI=1S/C10H10FNO3/c11-8-3-6(1-2-7(8)4-12)10(15)9(14)5-13/h1-3,9-10,13-15H,5H2. The molecule has 0 aliphatic carbocycles. The average Bonchev–Trinajstić information content (AvgIpc) is 2.26. The number of nitriles is 1. The van der Waals surface area contributed by atoms with Crippen molar-refractivity contribution in [2.24, 2.45) is 0 Å². The largest absolute Gasteiger partial charge is 0.394 e. The molecular formula is C10H10FNO3. The number of hydrogen-bond acceptors (Lipinski definition) is 4. The summed E-state index contributed by atoms with van der Waals surface area (Å²) in [6, 6.07) is 5.13. The molecule has 0 spiro atoms. The molecule has 1 aromatic rings. The fourth-order valence-corrected chi connectivity index (χ4v) is 1.13. The third-order valence-electron chi connectivity index (χ3n) is 2.01. The van der Waals surface area contributed by atoms with Gasteiger partial charge in [0.25, 0.3) is 0 Å². The maximum Gasteiger partial charge on any atom is 0.141 e. The Balaban J connectivity index is 2.98. The number of hydrogen-bond donors (Lipinski definition) is 3. The molecule has 0 aliphatic rings. The Bertz CT molecular complexity index is 389. The lowest BCUT2D eigenvalue weighted by atomic mass is 10.0. The molecule has 15 heavy (non-hydrogen) atoms. The average molecular weight is 211 g/mol. The second-order valence-electron chi connectivity index (χ2n) is 3.05. The maximum absolute atomic E-state index is 13.1. The van der Waals surface area contributed by atoms with Gasteiger partial charge < -0.3 is 15.3 Å². The summed E-state index contributed by atoms with van der Waals surface area (Å²) in [5, 5.41) is 35.6. The third kappa shape index (κ3) is 2.50. The van der Waals surface area contributed by atoms with Crippen molar-refractivity contribution in [1.82, 2.24) is 0 Å². The first kappa shape index (κ1) is 11.6. The summed E-state index contributed by atoms with van der Waals surface area (Å²) in [7, 11) is 0. The van der Waals surface area contributed by atoms with E-state index >= 15 is 0 Å². The highest BCUT2D eigenvalue weighted by Crippen LogP contribution is 2.19. The van der Waals surface area contributed by atoms with Gasteiger partial charge in [0, 0.05) is 0 Å². The number of aliphatic hydroxyl groups is 3. The lowest BCUT2D eigenvalue weighted by Gasteiger charge is -2.15. The quantitative estimate of drug-likeness (QED) is 0.661. The van der Waals surface area contributed by atoms with E-state index in [9.17, 15) is 9.50 Å². The molecule has 1 rings (SSSR count). The van der Waals surface area contributed by atoms with E-state index < -0.39 is 24.6 Å². The Labute approximate surface area is 85.8 Å². The minimum absolute atomic E-state index is 0.119. The highest BCUT2D eigenvalue weighted by atomic mass is 19.1. The van der Waals surface area contributed by atoms with Gasteiger partial charge in [-0.05, 0) is 17.7 Å². The van der Waals surface area contributed by atoms with Gasteiger partial charge in [0.15, 0.2) is 0 Å². The number of aliphatic hydroxyl groups excluding tert-OH is 3. The van der Waals surface area contributed by atoms with E-state index in [1.165, 1.54) is 12.1 Å². The fourth-order valence-electron chi connectivity index (χ4n) is 1.13. The van der Waals surface area contributed by atoms with Crippen molar-refractivity contribution >= 4 is 0 Å². The van der Waals surface area contributed by atoms with Gasteiger partial charge in [-0.3, -0.25) is 0 Å². The lowest BCUT2D eigenvalue weighted by molar-refractivity contribution is -0.0153. The number of rotatable bonds is 3. The van der Waals surface area contributed by atoms with Crippen LogP contribution in [-0.4, -0.2) is 28.0 Å². The van der Waals surface area contributed by atoms with Gasteiger partial charge in [0.05, 0.1) is 12.2 Å². The van der Waals surface area contributed by atoms with Gasteiger partial charge in [0.1, 0.15) is 24.1 Å². The summed E-state index contributed by atoms with van der Waals surface area (Å²) < 4.78 is 13.1. The first-order chi connectivity index (χ1) is 7.10. The van der Waals surface area contributed by atoms with Crippen LogP contribution in [0.5, 0.6) is 0 Å². The first-order valence-electron chi connectivity index (χ1n) is 4.26. The molecule has 0 radical (unpaired) electrons. The van der Waals surface area contributed by atoms with Crippen molar-refractivity contribution in [3.05, 3.63) is 35.1 Å². The van der Waals surface area contributed by atoms with E-state index in [1.54, 1.807) is 6.07 Å². The molecule has 80 valence electrons. The molecule has 0 amide bonds. The van der Waals surface area contributed by atoms with Gasteiger partial charge in [-0.15, -0.1) is 0 Å². The zero-order chi connectivity index (χ0) is 11.4. The number of benzene rings is 1. The Morgan fingerprint density at radius 1 is 1.40 bits per heavy atom. The molecule has 4 nitrogen and oxygen atoms in total. The zero-order valence-corrected chi connectivity index (χ0v) is 7.76. The smallest absolute Gasteiger partial charge is 0.141 e. The van der Waals surface area contributed by atoms with Crippen molar-refractivity contribution in [3.63, 3.8) is 0 Å². The van der Waals surface area contributed by atoms with Crippen LogP contribution in [0.1, 0.15) is 17.2 Å². The molecule has 0 bridgehead atoms. The highest BCUT2D eigenvalue weighted by Gasteiger charge is 2.18. The molecule has 0 heterocycles. The Morgan fingerprint density at radius 2 is 2.07 bits per heavy atom. The summed E-state index contributed by atoms with van der Waals surface area (Å²) in [6.07, 6.45) is -2.73. The molecule has 0 saturated carbocycles. The van der Waals surface area contributed by atoms with E-state index in [1.807, 2.05) is 0 Å². The summed E-state index contributed by atoms with van der Waals surface area (Å²) in [5.41, 5.74) is -0.0162. The number of nitrogens with zero attached hydrogens (tertiary/aromatic N) is 1. The molecule has 1 aromatic carbocycles. The molecule has 0 aliphatic heterocycles. The molecule has 2 unspecified atom stereocenters. The van der Waals surface area contributed by atoms with Crippen molar-refractivity contribution in [3.8, 4) is 6.07 Å². The van der Waals surface area contributed by atoms with Crippen LogP contribution in [0, 0.1) is 17.1 Å². The fraction of sp³-hybridized carbons (Fsp3) is 0.300. The van der Waals surface area contributed by atoms with Gasteiger partial charge in [-0.25, -0.2) is 4.39 Å². The van der Waals surface area contributed by atoms with Crippen molar-refractivity contribution < 1.29 is 19.7 Å². The van der Waals surface area contributed by atoms with Crippen LogP contribution in [0.15, 0.2) is 18.2 Å².